The van der Waals surface area contributed by atoms with Gasteiger partial charge < -0.3 is 4.74 Å². The molecule has 0 amide bonds. The highest BCUT2D eigenvalue weighted by atomic mass is 79.9. The molecule has 0 fully saturated rings. The van der Waals surface area contributed by atoms with Gasteiger partial charge in [-0.05, 0) is 44.4 Å². The molecule has 0 saturated carbocycles. The molecule has 0 aliphatic carbocycles. The summed E-state index contributed by atoms with van der Waals surface area (Å²) in [5, 5.41) is 3.96. The monoisotopic (exact) mass is 256 g/mol. The van der Waals surface area contributed by atoms with E-state index in [1.807, 2.05) is 22.9 Å². The van der Waals surface area contributed by atoms with Crippen LogP contribution in [0.15, 0.2) is 33.1 Å². The Bertz CT molecular complexity index is 390. The quantitative estimate of drug-likeness (QED) is 0.723. The normalized spacial score (nSPS) is 19.0. The summed E-state index contributed by atoms with van der Waals surface area (Å²) in [4.78, 5) is 10.8. The van der Waals surface area contributed by atoms with Crippen molar-refractivity contribution in [2.24, 2.45) is 0 Å². The number of esters is 1. The molecule has 66 valence electrons. The first-order chi connectivity index (χ1) is 6.25. The van der Waals surface area contributed by atoms with Crippen LogP contribution in [0.2, 0.25) is 0 Å². The van der Waals surface area contributed by atoms with E-state index in [4.69, 9.17) is 4.74 Å². The molecule has 0 bridgehead atoms. The van der Waals surface area contributed by atoms with Crippen LogP contribution in [-0.4, -0.2) is 5.97 Å². The van der Waals surface area contributed by atoms with Crippen LogP contribution in [-0.2, 0) is 9.53 Å². The Morgan fingerprint density at radius 1 is 1.54 bits per heavy atom. The number of ether oxygens (including phenoxy) is 1. The molecule has 0 unspecified atom stereocenters. The summed E-state index contributed by atoms with van der Waals surface area (Å²) in [5.74, 6) is 0.247. The first-order valence-corrected chi connectivity index (χ1v) is 5.32. The van der Waals surface area contributed by atoms with Gasteiger partial charge in [0, 0.05) is 6.08 Å². The molecule has 1 aromatic rings. The molecule has 0 spiro atoms. The Morgan fingerprint density at radius 3 is 2.92 bits per heavy atom. The molecule has 13 heavy (non-hydrogen) atoms. The molecule has 1 aromatic heterocycles. The van der Waals surface area contributed by atoms with Crippen molar-refractivity contribution in [2.75, 3.05) is 0 Å². The van der Waals surface area contributed by atoms with Crippen LogP contribution in [0.5, 0.6) is 0 Å². The highest BCUT2D eigenvalue weighted by molar-refractivity contribution is 9.12. The smallest absolute Gasteiger partial charge is 0.337 e. The van der Waals surface area contributed by atoms with Crippen molar-refractivity contribution < 1.29 is 9.53 Å². The molecular formula is C9H5BrO2S. The van der Waals surface area contributed by atoms with E-state index in [9.17, 15) is 4.79 Å². The second kappa shape index (κ2) is 3.47. The minimum Gasteiger partial charge on any atom is -0.422 e. The van der Waals surface area contributed by atoms with Crippen LogP contribution in [0.3, 0.4) is 0 Å². The first kappa shape index (κ1) is 8.72. The molecule has 0 atom stereocenters. The SMILES string of the molecule is O=C1C=C(Br)/C(=C/c2ccsc2)O1. The summed E-state index contributed by atoms with van der Waals surface area (Å²) in [6, 6.07) is 1.96. The summed E-state index contributed by atoms with van der Waals surface area (Å²) < 4.78 is 5.63. The third-order valence-electron chi connectivity index (χ3n) is 1.53. The van der Waals surface area contributed by atoms with Gasteiger partial charge in [0.1, 0.15) is 5.76 Å². The third kappa shape index (κ3) is 1.89. The minimum atomic E-state index is -0.326. The molecular weight excluding hydrogens is 252 g/mol. The molecule has 1 aliphatic heterocycles. The van der Waals surface area contributed by atoms with Crippen molar-refractivity contribution >= 4 is 39.3 Å². The lowest BCUT2D eigenvalue weighted by Crippen LogP contribution is -1.89. The minimum absolute atomic E-state index is 0.326. The van der Waals surface area contributed by atoms with Crippen molar-refractivity contribution in [3.05, 3.63) is 38.7 Å². The fourth-order valence-corrected chi connectivity index (χ4v) is 1.97. The Labute approximate surface area is 87.7 Å². The van der Waals surface area contributed by atoms with Gasteiger partial charge in [-0.15, -0.1) is 0 Å². The fraction of sp³-hybridized carbons (Fsp3) is 0. The second-order valence-electron chi connectivity index (χ2n) is 2.48. The van der Waals surface area contributed by atoms with E-state index in [1.165, 1.54) is 6.08 Å². The molecule has 0 N–H and O–H groups in total. The van der Waals surface area contributed by atoms with Crippen molar-refractivity contribution in [1.82, 2.24) is 0 Å². The largest absolute Gasteiger partial charge is 0.422 e. The van der Waals surface area contributed by atoms with E-state index in [1.54, 1.807) is 11.3 Å². The Balaban J connectivity index is 2.29. The Hall–Kier alpha value is -0.870. The van der Waals surface area contributed by atoms with E-state index < -0.39 is 0 Å². The summed E-state index contributed by atoms with van der Waals surface area (Å²) in [6.07, 6.45) is 3.24. The number of carbonyl (C=O) groups is 1. The maximum atomic E-state index is 10.8. The van der Waals surface area contributed by atoms with Crippen LogP contribution in [0.4, 0.5) is 0 Å². The van der Waals surface area contributed by atoms with E-state index in [0.29, 0.717) is 10.2 Å². The summed E-state index contributed by atoms with van der Waals surface area (Å²) >= 11 is 4.85. The molecule has 4 heteroatoms. The van der Waals surface area contributed by atoms with Crippen LogP contribution < -0.4 is 0 Å². The number of hydrogen-bond acceptors (Lipinski definition) is 3. The lowest BCUT2D eigenvalue weighted by molar-refractivity contribution is -0.132. The lowest BCUT2D eigenvalue weighted by Gasteiger charge is -1.95. The fourth-order valence-electron chi connectivity index (χ4n) is 0.968. The van der Waals surface area contributed by atoms with Gasteiger partial charge in [0.15, 0.2) is 0 Å². The van der Waals surface area contributed by atoms with Gasteiger partial charge in [0.05, 0.1) is 4.48 Å². The maximum Gasteiger partial charge on any atom is 0.337 e. The number of allylic oxidation sites excluding steroid dienone is 1. The van der Waals surface area contributed by atoms with Crippen molar-refractivity contribution in [3.63, 3.8) is 0 Å². The highest BCUT2D eigenvalue weighted by Gasteiger charge is 2.17. The Kier molecular flexibility index (Phi) is 2.33. The number of hydrogen-bond donors (Lipinski definition) is 0. The van der Waals surface area contributed by atoms with Crippen LogP contribution >= 0.6 is 27.3 Å². The number of rotatable bonds is 1. The zero-order valence-corrected chi connectivity index (χ0v) is 8.89. The first-order valence-electron chi connectivity index (χ1n) is 3.59. The van der Waals surface area contributed by atoms with Gasteiger partial charge in [0.25, 0.3) is 0 Å². The van der Waals surface area contributed by atoms with Crippen molar-refractivity contribution in [1.29, 1.82) is 0 Å². The summed E-state index contributed by atoms with van der Waals surface area (Å²) in [6.45, 7) is 0. The van der Waals surface area contributed by atoms with E-state index in [-0.39, 0.29) is 5.97 Å². The summed E-state index contributed by atoms with van der Waals surface area (Å²) in [7, 11) is 0. The molecule has 0 saturated heterocycles. The van der Waals surface area contributed by atoms with Gasteiger partial charge in [0.2, 0.25) is 0 Å². The topological polar surface area (TPSA) is 26.3 Å². The standard InChI is InChI=1S/C9H5BrO2S/c10-7-4-9(11)12-8(7)3-6-1-2-13-5-6/h1-5H/b8-3-. The predicted molar refractivity (Wildman–Crippen MR) is 55.4 cm³/mol. The lowest BCUT2D eigenvalue weighted by atomic mass is 10.3. The number of halogens is 1. The van der Waals surface area contributed by atoms with E-state index in [2.05, 4.69) is 15.9 Å². The number of cyclic esters (lactones) is 1. The average Bonchev–Trinajstić information content (AvgIpc) is 2.63. The van der Waals surface area contributed by atoms with Gasteiger partial charge in [-0.1, -0.05) is 0 Å². The molecule has 2 nitrogen and oxygen atoms in total. The molecule has 0 aromatic carbocycles. The zero-order valence-electron chi connectivity index (χ0n) is 6.49. The van der Waals surface area contributed by atoms with Crippen molar-refractivity contribution in [2.45, 2.75) is 0 Å². The van der Waals surface area contributed by atoms with Crippen LogP contribution in [0, 0.1) is 0 Å². The molecule has 1 aliphatic rings. The van der Waals surface area contributed by atoms with Gasteiger partial charge >= 0.3 is 5.97 Å². The van der Waals surface area contributed by atoms with Gasteiger partial charge in [-0.2, -0.15) is 11.3 Å². The van der Waals surface area contributed by atoms with Crippen LogP contribution in [0.1, 0.15) is 5.56 Å². The van der Waals surface area contributed by atoms with Gasteiger partial charge in [-0.25, -0.2) is 4.79 Å². The number of thiophene rings is 1. The molecule has 2 heterocycles. The summed E-state index contributed by atoms with van der Waals surface area (Å²) in [5.41, 5.74) is 1.04. The van der Waals surface area contributed by atoms with Crippen molar-refractivity contribution in [3.8, 4) is 0 Å². The van der Waals surface area contributed by atoms with Crippen LogP contribution in [0.25, 0.3) is 6.08 Å². The molecule has 2 rings (SSSR count). The maximum absolute atomic E-state index is 10.8. The zero-order chi connectivity index (χ0) is 9.26. The average molecular weight is 257 g/mol. The Morgan fingerprint density at radius 2 is 2.38 bits per heavy atom. The third-order valence-corrected chi connectivity index (χ3v) is 2.85. The number of carbonyl (C=O) groups excluding carboxylic acids is 1. The van der Waals surface area contributed by atoms with E-state index >= 15 is 0 Å². The molecule has 0 radical (unpaired) electrons. The second-order valence-corrected chi connectivity index (χ2v) is 4.11. The van der Waals surface area contributed by atoms with Gasteiger partial charge in [-0.3, -0.25) is 0 Å². The van der Waals surface area contributed by atoms with E-state index in [0.717, 1.165) is 5.56 Å². The predicted octanol–water partition coefficient (Wildman–Crippen LogP) is 2.92. The highest BCUT2D eigenvalue weighted by Crippen LogP contribution is 2.27.